The number of carbonyl (C=O) groups is 1. The van der Waals surface area contributed by atoms with E-state index in [0.29, 0.717) is 17.8 Å². The minimum Gasteiger partial charge on any atom is -0.463 e. The Bertz CT molecular complexity index is 1110. The molecule has 7 nitrogen and oxygen atoms in total. The molecule has 0 amide bonds. The minimum absolute atomic E-state index is 0.136. The zero-order valence-electron chi connectivity index (χ0n) is 32.1. The fraction of sp³-hybridized carbons (Fsp3) is 0.929. The summed E-state index contributed by atoms with van der Waals surface area (Å²) in [6.07, 6.45) is 13.8. The van der Waals surface area contributed by atoms with Crippen LogP contribution >= 0.6 is 0 Å². The van der Waals surface area contributed by atoms with Gasteiger partial charge in [0.1, 0.15) is 31.0 Å². The second-order valence-electron chi connectivity index (χ2n) is 18.1. The lowest BCUT2D eigenvalue weighted by molar-refractivity contribution is -0.313. The molecule has 0 aromatic rings. The van der Waals surface area contributed by atoms with Crippen molar-refractivity contribution in [1.82, 2.24) is 0 Å². The van der Waals surface area contributed by atoms with Gasteiger partial charge in [-0.25, -0.2) is 0 Å². The Balaban J connectivity index is 1.16. The van der Waals surface area contributed by atoms with Crippen LogP contribution in [0.15, 0.2) is 11.6 Å². The number of hydrogen-bond acceptors (Lipinski definition) is 7. The van der Waals surface area contributed by atoms with Crippen LogP contribution in [-0.4, -0.2) is 64.7 Å². The molecule has 1 saturated heterocycles. The fourth-order valence-corrected chi connectivity index (χ4v) is 11.3. The molecule has 1 aliphatic heterocycles. The molecule has 14 unspecified atom stereocenters. The van der Waals surface area contributed by atoms with E-state index in [2.05, 4.69) is 54.5 Å². The summed E-state index contributed by atoms with van der Waals surface area (Å²) in [6, 6.07) is 0. The summed E-state index contributed by atoms with van der Waals surface area (Å²) in [5.74, 6) is 5.17. The van der Waals surface area contributed by atoms with Gasteiger partial charge in [-0.15, -0.1) is 0 Å². The van der Waals surface area contributed by atoms with E-state index < -0.39 is 30.7 Å². The van der Waals surface area contributed by atoms with Gasteiger partial charge in [0.15, 0.2) is 6.29 Å². The van der Waals surface area contributed by atoms with Gasteiger partial charge in [0.2, 0.25) is 0 Å². The van der Waals surface area contributed by atoms with Gasteiger partial charge in [-0.2, -0.15) is 0 Å². The normalized spacial score (nSPS) is 41.7. The van der Waals surface area contributed by atoms with E-state index in [1.54, 1.807) is 0 Å². The van der Waals surface area contributed by atoms with E-state index >= 15 is 0 Å². The Labute approximate surface area is 298 Å². The van der Waals surface area contributed by atoms with E-state index in [9.17, 15) is 20.1 Å². The van der Waals surface area contributed by atoms with Crippen molar-refractivity contribution in [3.63, 3.8) is 0 Å². The summed E-state index contributed by atoms with van der Waals surface area (Å²) in [4.78, 5) is 12.3. The number of aliphatic hydroxyl groups is 3. The predicted octanol–water partition coefficient (Wildman–Crippen LogP) is 8.37. The summed E-state index contributed by atoms with van der Waals surface area (Å²) in [5, 5.41) is 32.1. The van der Waals surface area contributed by atoms with Crippen LogP contribution in [0.1, 0.15) is 151 Å². The number of rotatable bonds is 15. The van der Waals surface area contributed by atoms with Crippen molar-refractivity contribution < 1.29 is 34.3 Å². The number of fused-ring (bicyclic) bond motifs is 5. The van der Waals surface area contributed by atoms with Gasteiger partial charge < -0.3 is 29.5 Å². The number of aliphatic hydroxyl groups excluding tert-OH is 3. The highest BCUT2D eigenvalue weighted by Crippen LogP contribution is 2.67. The maximum absolute atomic E-state index is 12.3. The second kappa shape index (κ2) is 16.8. The first-order chi connectivity index (χ1) is 23.3. The van der Waals surface area contributed by atoms with Gasteiger partial charge >= 0.3 is 5.97 Å². The average molecular weight is 689 g/mol. The highest BCUT2D eigenvalue weighted by atomic mass is 16.7. The molecule has 0 bridgehead atoms. The second-order valence-corrected chi connectivity index (χ2v) is 18.1. The smallest absolute Gasteiger partial charge is 0.305 e. The van der Waals surface area contributed by atoms with Crippen molar-refractivity contribution >= 4 is 5.97 Å². The van der Waals surface area contributed by atoms with Crippen LogP contribution in [0.4, 0.5) is 0 Å². The van der Waals surface area contributed by atoms with Gasteiger partial charge in [-0.1, -0.05) is 98.6 Å². The first-order valence-electron chi connectivity index (χ1n) is 20.5. The third-order valence-electron chi connectivity index (χ3n) is 14.9. The van der Waals surface area contributed by atoms with Crippen molar-refractivity contribution in [1.29, 1.82) is 0 Å². The molecule has 0 radical (unpaired) electrons. The number of unbranched alkanes of at least 4 members (excludes halogenated alkanes) is 4. The van der Waals surface area contributed by atoms with Crippen LogP contribution < -0.4 is 0 Å². The highest BCUT2D eigenvalue weighted by molar-refractivity contribution is 5.69. The monoisotopic (exact) mass is 689 g/mol. The number of ether oxygens (including phenoxy) is 3. The molecule has 282 valence electrons. The topological polar surface area (TPSA) is 105 Å². The molecule has 49 heavy (non-hydrogen) atoms. The number of esters is 1. The van der Waals surface area contributed by atoms with Crippen LogP contribution in [0.25, 0.3) is 0 Å². The molecule has 0 aromatic heterocycles. The van der Waals surface area contributed by atoms with Gasteiger partial charge in [-0.3, -0.25) is 4.79 Å². The summed E-state index contributed by atoms with van der Waals surface area (Å²) in [6.45, 7) is 16.9. The van der Waals surface area contributed by atoms with Crippen LogP contribution in [0.2, 0.25) is 0 Å². The molecular formula is C42H72O7. The maximum atomic E-state index is 12.3. The minimum atomic E-state index is -1.44. The Morgan fingerprint density at radius 1 is 0.918 bits per heavy atom. The zero-order valence-corrected chi connectivity index (χ0v) is 32.1. The Kier molecular flexibility index (Phi) is 13.4. The van der Waals surface area contributed by atoms with Crippen LogP contribution in [0.5, 0.6) is 0 Å². The molecule has 3 N–H and O–H groups in total. The highest BCUT2D eigenvalue weighted by Gasteiger charge is 2.59. The molecule has 4 fully saturated rings. The van der Waals surface area contributed by atoms with Crippen LogP contribution in [-0.2, 0) is 19.0 Å². The van der Waals surface area contributed by atoms with Crippen LogP contribution in [0, 0.1) is 52.3 Å². The molecular weight excluding hydrogens is 616 g/mol. The van der Waals surface area contributed by atoms with Gasteiger partial charge in [0, 0.05) is 6.42 Å². The first kappa shape index (κ1) is 39.2. The average Bonchev–Trinajstić information content (AvgIpc) is 3.44. The van der Waals surface area contributed by atoms with E-state index in [1.807, 2.05) is 0 Å². The summed E-state index contributed by atoms with van der Waals surface area (Å²) in [5.41, 5.74) is 2.13. The lowest BCUT2D eigenvalue weighted by Gasteiger charge is -2.58. The van der Waals surface area contributed by atoms with Crippen LogP contribution in [0.3, 0.4) is 0 Å². The molecule has 5 rings (SSSR count). The number of carbonyl (C=O) groups excluding carboxylic acids is 1. The SMILES string of the molecule is CCCCCCCC(=O)OCC1OC(OC2CCC3(C)C(=CCC4C3CCC3(C)C(C(C)CCC(C)C(C)C)CCC43)C2)C(O)C(O)C1O. The summed E-state index contributed by atoms with van der Waals surface area (Å²) in [7, 11) is 0. The van der Waals surface area contributed by atoms with Gasteiger partial charge in [-0.05, 0) is 110 Å². The summed E-state index contributed by atoms with van der Waals surface area (Å²) < 4.78 is 17.8. The third kappa shape index (κ3) is 8.47. The van der Waals surface area contributed by atoms with Crippen molar-refractivity contribution in [2.24, 2.45) is 52.3 Å². The van der Waals surface area contributed by atoms with Crippen molar-refractivity contribution in [2.75, 3.05) is 6.61 Å². The Morgan fingerprint density at radius 2 is 1.67 bits per heavy atom. The molecule has 3 saturated carbocycles. The largest absolute Gasteiger partial charge is 0.463 e. The lowest BCUT2D eigenvalue weighted by atomic mass is 9.47. The third-order valence-corrected chi connectivity index (χ3v) is 14.9. The lowest BCUT2D eigenvalue weighted by Crippen LogP contribution is -2.60. The first-order valence-corrected chi connectivity index (χ1v) is 20.5. The Morgan fingerprint density at radius 3 is 2.41 bits per heavy atom. The van der Waals surface area contributed by atoms with Gasteiger partial charge in [0.25, 0.3) is 0 Å². The molecule has 4 aliphatic carbocycles. The zero-order chi connectivity index (χ0) is 35.5. The number of hydrogen-bond donors (Lipinski definition) is 3. The quantitative estimate of drug-likeness (QED) is 0.0902. The van der Waals surface area contributed by atoms with E-state index in [1.165, 1.54) is 44.1 Å². The van der Waals surface area contributed by atoms with E-state index in [-0.39, 0.29) is 24.1 Å². The van der Waals surface area contributed by atoms with E-state index in [0.717, 1.165) is 93.3 Å². The maximum Gasteiger partial charge on any atom is 0.305 e. The molecule has 7 heteroatoms. The standard InChI is InChI=1S/C42H72O7/c1-8-9-10-11-12-13-36(43)47-25-35-37(44)38(45)39(46)40(49-35)48-30-20-22-41(6)29(24-30)16-17-31-33-19-18-32(42(33,7)23-21-34(31)41)28(5)15-14-27(4)26(2)3/h16,26-28,30-35,37-40,44-46H,8-15,17-25H2,1-7H3. The van der Waals surface area contributed by atoms with Crippen molar-refractivity contribution in [3.8, 4) is 0 Å². The fourth-order valence-electron chi connectivity index (χ4n) is 11.3. The predicted molar refractivity (Wildman–Crippen MR) is 193 cm³/mol. The Hall–Kier alpha value is -0.990. The number of allylic oxidation sites excluding steroid dienone is 1. The van der Waals surface area contributed by atoms with E-state index in [4.69, 9.17) is 14.2 Å². The van der Waals surface area contributed by atoms with Crippen molar-refractivity contribution in [3.05, 3.63) is 11.6 Å². The van der Waals surface area contributed by atoms with Crippen molar-refractivity contribution in [2.45, 2.75) is 188 Å². The molecule has 5 aliphatic rings. The molecule has 1 heterocycles. The van der Waals surface area contributed by atoms with Gasteiger partial charge in [0.05, 0.1) is 6.10 Å². The summed E-state index contributed by atoms with van der Waals surface area (Å²) >= 11 is 0. The molecule has 0 spiro atoms. The molecule has 0 aromatic carbocycles. The molecule has 14 atom stereocenters.